The van der Waals surface area contributed by atoms with Gasteiger partial charge in [0.2, 0.25) is 0 Å². The molecule has 0 saturated carbocycles. The van der Waals surface area contributed by atoms with E-state index in [0.717, 1.165) is 22.9 Å². The number of carbonyl (C=O) groups is 2. The van der Waals surface area contributed by atoms with Gasteiger partial charge in [-0.2, -0.15) is 8.75 Å². The summed E-state index contributed by atoms with van der Waals surface area (Å²) >= 11 is 1.03. The molecular formula is C27H21N2NaO6S. The van der Waals surface area contributed by atoms with Crippen molar-refractivity contribution in [1.82, 2.24) is 8.75 Å². The molecule has 0 radical (unpaired) electrons. The second kappa shape index (κ2) is 11.4. The summed E-state index contributed by atoms with van der Waals surface area (Å²) < 4.78 is 24.9. The first-order valence-corrected chi connectivity index (χ1v) is 11.9. The molecule has 8 nitrogen and oxygen atoms in total. The largest absolute Gasteiger partial charge is 1.00 e. The van der Waals surface area contributed by atoms with E-state index >= 15 is 0 Å². The summed E-state index contributed by atoms with van der Waals surface area (Å²) in [5.74, 6) is -0.226. The molecule has 0 aliphatic carbocycles. The molecule has 182 valence electrons. The molecule has 0 saturated heterocycles. The van der Waals surface area contributed by atoms with Crippen molar-refractivity contribution in [3.05, 3.63) is 82.4 Å². The van der Waals surface area contributed by atoms with Crippen LogP contribution in [0.3, 0.4) is 0 Å². The maximum Gasteiger partial charge on any atom is 1.00 e. The van der Waals surface area contributed by atoms with E-state index in [9.17, 15) is 14.7 Å². The van der Waals surface area contributed by atoms with Gasteiger partial charge in [-0.3, -0.25) is 4.79 Å². The summed E-state index contributed by atoms with van der Waals surface area (Å²) in [6, 6.07) is 15.2. The number of carbonyl (C=O) groups excluding carboxylic acids is 2. The normalized spacial score (nSPS) is 12.9. The SMILES string of the molecule is COc1ccc(C/C(C(=O)c2ccc3c(c2)OCCO3)=C(\C(=O)[O-])c2ccc3nsnc3c2)cc1C.[Na+]. The molecule has 5 rings (SSSR count). The van der Waals surface area contributed by atoms with Gasteiger partial charge in [0.15, 0.2) is 17.3 Å². The minimum Gasteiger partial charge on any atom is -0.545 e. The predicted molar refractivity (Wildman–Crippen MR) is 133 cm³/mol. The number of hydrogen-bond donors (Lipinski definition) is 0. The van der Waals surface area contributed by atoms with Gasteiger partial charge in [0.25, 0.3) is 0 Å². The van der Waals surface area contributed by atoms with Crippen LogP contribution in [0, 0.1) is 6.92 Å². The van der Waals surface area contributed by atoms with Gasteiger partial charge < -0.3 is 24.1 Å². The van der Waals surface area contributed by atoms with Crippen LogP contribution < -0.4 is 48.9 Å². The molecule has 2 heterocycles. The Labute approximate surface area is 239 Å². The van der Waals surface area contributed by atoms with Crippen LogP contribution in [0.25, 0.3) is 16.6 Å². The molecule has 0 N–H and O–H groups in total. The Bertz CT molecular complexity index is 1530. The van der Waals surface area contributed by atoms with E-state index in [4.69, 9.17) is 14.2 Å². The van der Waals surface area contributed by atoms with Crippen LogP contribution in [0.5, 0.6) is 17.2 Å². The number of allylic oxidation sites excluding steroid dienone is 1. The van der Waals surface area contributed by atoms with Gasteiger partial charge in [-0.1, -0.05) is 18.2 Å². The van der Waals surface area contributed by atoms with Gasteiger partial charge >= 0.3 is 29.6 Å². The van der Waals surface area contributed by atoms with Gasteiger partial charge in [-0.15, -0.1) is 0 Å². The number of carboxylic acids is 1. The Morgan fingerprint density at radius 1 is 0.946 bits per heavy atom. The number of hydrogen-bond acceptors (Lipinski definition) is 9. The molecule has 37 heavy (non-hydrogen) atoms. The number of methoxy groups -OCH3 is 1. The number of ketones is 1. The van der Waals surface area contributed by atoms with Crippen LogP contribution in [0.2, 0.25) is 0 Å². The monoisotopic (exact) mass is 524 g/mol. The smallest absolute Gasteiger partial charge is 0.545 e. The van der Waals surface area contributed by atoms with E-state index < -0.39 is 11.8 Å². The van der Waals surface area contributed by atoms with Crippen molar-refractivity contribution in [2.45, 2.75) is 13.3 Å². The molecular weight excluding hydrogens is 503 g/mol. The first-order chi connectivity index (χ1) is 17.4. The third-order valence-corrected chi connectivity index (χ3v) is 6.52. The Hall–Kier alpha value is -3.24. The third-order valence-electron chi connectivity index (χ3n) is 5.97. The van der Waals surface area contributed by atoms with E-state index in [-0.39, 0.29) is 52.7 Å². The summed E-state index contributed by atoms with van der Waals surface area (Å²) in [6.45, 7) is 2.67. The number of aryl methyl sites for hydroxylation is 1. The average molecular weight is 525 g/mol. The van der Waals surface area contributed by atoms with E-state index in [1.807, 2.05) is 19.1 Å². The predicted octanol–water partition coefficient (Wildman–Crippen LogP) is 0.413. The number of carboxylic acid groups (broad SMARTS) is 1. The van der Waals surface area contributed by atoms with Crippen LogP contribution in [0.4, 0.5) is 0 Å². The number of aliphatic carboxylic acids is 1. The summed E-state index contributed by atoms with van der Waals surface area (Å²) in [7, 11) is 1.58. The summed E-state index contributed by atoms with van der Waals surface area (Å²) in [6.07, 6.45) is 0.0643. The Balaban J connectivity index is 0.00000320. The molecule has 0 amide bonds. The van der Waals surface area contributed by atoms with Crippen LogP contribution in [-0.4, -0.2) is 40.8 Å². The topological polar surface area (TPSA) is 111 Å². The number of nitrogens with zero attached hydrogens (tertiary/aromatic N) is 2. The van der Waals surface area contributed by atoms with E-state index in [0.29, 0.717) is 47.1 Å². The number of rotatable bonds is 7. The molecule has 0 bridgehead atoms. The van der Waals surface area contributed by atoms with Gasteiger partial charge in [0.1, 0.15) is 30.0 Å². The standard InChI is InChI=1S/C27H22N2O6S.Na/c1-15-11-16(3-7-22(15)33-2)12-19(26(30)18-5-8-23-24(14-18)35-10-9-34-23)25(27(31)32)17-4-6-20-21(13-17)29-36-28-20;/h3-8,11,13-14H,9-10,12H2,1-2H3,(H,31,32);/q;+1/p-1/b25-19+;. The van der Waals surface area contributed by atoms with Gasteiger partial charge in [-0.05, 0) is 60.0 Å². The molecule has 0 atom stereocenters. The molecule has 4 aromatic rings. The zero-order valence-corrected chi connectivity index (χ0v) is 23.4. The number of Topliss-reactive ketones (excluding diaryl/α,β-unsaturated/α-hetero) is 1. The van der Waals surface area contributed by atoms with Crippen molar-refractivity contribution < 1.29 is 58.5 Å². The average Bonchev–Trinajstić information content (AvgIpc) is 3.35. The second-order valence-electron chi connectivity index (χ2n) is 8.28. The van der Waals surface area contributed by atoms with E-state index in [1.54, 1.807) is 49.6 Å². The summed E-state index contributed by atoms with van der Waals surface area (Å²) in [5, 5.41) is 12.5. The van der Waals surface area contributed by atoms with Crippen LogP contribution >= 0.6 is 11.7 Å². The van der Waals surface area contributed by atoms with Crippen molar-refractivity contribution >= 4 is 40.1 Å². The maximum absolute atomic E-state index is 13.9. The first-order valence-electron chi connectivity index (χ1n) is 11.2. The zero-order chi connectivity index (χ0) is 25.2. The minimum absolute atomic E-state index is 0. The van der Waals surface area contributed by atoms with E-state index in [2.05, 4.69) is 8.75 Å². The number of fused-ring (bicyclic) bond motifs is 2. The molecule has 1 aliphatic heterocycles. The number of ether oxygens (including phenoxy) is 3. The fraction of sp³-hybridized carbons (Fsp3) is 0.185. The Morgan fingerprint density at radius 3 is 2.41 bits per heavy atom. The fourth-order valence-electron chi connectivity index (χ4n) is 4.25. The van der Waals surface area contributed by atoms with Crippen LogP contribution in [0.15, 0.2) is 60.2 Å². The molecule has 0 unspecified atom stereocenters. The van der Waals surface area contributed by atoms with Gasteiger partial charge in [-0.25, -0.2) is 0 Å². The third kappa shape index (κ3) is 5.55. The molecule has 0 fully saturated rings. The molecule has 1 aromatic heterocycles. The quantitative estimate of drug-likeness (QED) is 0.194. The second-order valence-corrected chi connectivity index (χ2v) is 8.81. The van der Waals surface area contributed by atoms with Crippen molar-refractivity contribution in [1.29, 1.82) is 0 Å². The van der Waals surface area contributed by atoms with E-state index in [1.165, 1.54) is 0 Å². The maximum atomic E-state index is 13.9. The van der Waals surface area contributed by atoms with Crippen molar-refractivity contribution in [3.63, 3.8) is 0 Å². The van der Waals surface area contributed by atoms with Crippen LogP contribution in [0.1, 0.15) is 27.0 Å². The van der Waals surface area contributed by atoms with Crippen LogP contribution in [-0.2, 0) is 11.2 Å². The van der Waals surface area contributed by atoms with Crippen molar-refractivity contribution in [3.8, 4) is 17.2 Å². The number of benzene rings is 3. The Morgan fingerprint density at radius 2 is 1.68 bits per heavy atom. The molecule has 1 aliphatic rings. The molecule has 10 heteroatoms. The summed E-state index contributed by atoms with van der Waals surface area (Å²) in [4.78, 5) is 26.4. The van der Waals surface area contributed by atoms with Gasteiger partial charge in [0.05, 0.1) is 24.8 Å². The molecule has 3 aromatic carbocycles. The zero-order valence-electron chi connectivity index (χ0n) is 20.6. The fourth-order valence-corrected chi connectivity index (χ4v) is 4.77. The van der Waals surface area contributed by atoms with Crippen molar-refractivity contribution in [2.75, 3.05) is 20.3 Å². The molecule has 0 spiro atoms. The Kier molecular flexibility index (Phi) is 8.29. The summed E-state index contributed by atoms with van der Waals surface area (Å²) in [5.41, 5.74) is 3.30. The number of aromatic nitrogens is 2. The van der Waals surface area contributed by atoms with Crippen molar-refractivity contribution in [2.24, 2.45) is 0 Å². The first kappa shape index (κ1) is 26.8. The minimum atomic E-state index is -1.45. The van der Waals surface area contributed by atoms with Gasteiger partial charge in [0, 0.05) is 23.1 Å².